The summed E-state index contributed by atoms with van der Waals surface area (Å²) < 4.78 is 5.31. The van der Waals surface area contributed by atoms with Crippen LogP contribution in [0.2, 0.25) is 0 Å². The second-order valence-electron chi connectivity index (χ2n) is 4.05. The predicted molar refractivity (Wildman–Crippen MR) is 69.8 cm³/mol. The fourth-order valence-electron chi connectivity index (χ4n) is 1.81. The van der Waals surface area contributed by atoms with Crippen molar-refractivity contribution in [2.75, 3.05) is 13.2 Å². The van der Waals surface area contributed by atoms with Gasteiger partial charge in [0.05, 0.1) is 5.52 Å². The number of hydrogen-bond donors (Lipinski definition) is 1. The summed E-state index contributed by atoms with van der Waals surface area (Å²) in [5.41, 5.74) is 8.19. The van der Waals surface area contributed by atoms with Gasteiger partial charge < -0.3 is 10.5 Å². The minimum absolute atomic E-state index is 0.00124. The lowest BCUT2D eigenvalue weighted by Crippen LogP contribution is -2.13. The number of aromatic nitrogens is 1. The molecule has 0 aliphatic rings. The Labute approximate surface area is 102 Å². The Hall–Kier alpha value is -1.45. The molecule has 3 heteroatoms. The molecule has 0 fully saturated rings. The van der Waals surface area contributed by atoms with E-state index in [2.05, 4.69) is 17.1 Å². The Balaban J connectivity index is 2.12. The quantitative estimate of drug-likeness (QED) is 0.803. The van der Waals surface area contributed by atoms with Gasteiger partial charge in [0.15, 0.2) is 0 Å². The van der Waals surface area contributed by atoms with Crippen LogP contribution < -0.4 is 5.73 Å². The van der Waals surface area contributed by atoms with Gasteiger partial charge in [0.2, 0.25) is 0 Å². The topological polar surface area (TPSA) is 48.1 Å². The van der Waals surface area contributed by atoms with Gasteiger partial charge in [0, 0.05) is 30.8 Å². The van der Waals surface area contributed by atoms with Crippen LogP contribution in [0.15, 0.2) is 36.5 Å². The molecule has 0 saturated heterocycles. The van der Waals surface area contributed by atoms with E-state index in [0.717, 1.165) is 29.5 Å². The lowest BCUT2D eigenvalue weighted by Gasteiger charge is -2.12. The first-order valence-electron chi connectivity index (χ1n) is 5.99. The van der Waals surface area contributed by atoms with Crippen molar-refractivity contribution in [3.05, 3.63) is 42.1 Å². The van der Waals surface area contributed by atoms with Gasteiger partial charge in [-0.15, -0.1) is 0 Å². The van der Waals surface area contributed by atoms with Crippen molar-refractivity contribution in [2.45, 2.75) is 19.4 Å². The summed E-state index contributed by atoms with van der Waals surface area (Å²) in [5, 5.41) is 1.14. The van der Waals surface area contributed by atoms with E-state index in [1.807, 2.05) is 31.3 Å². The third kappa shape index (κ3) is 3.02. The lowest BCUT2D eigenvalue weighted by molar-refractivity contribution is 0.140. The van der Waals surface area contributed by atoms with Crippen LogP contribution in [0.4, 0.5) is 0 Å². The molecule has 2 N–H and O–H groups in total. The number of rotatable bonds is 5. The number of fused-ring (bicyclic) bond motifs is 1. The smallest absolute Gasteiger partial charge is 0.0702 e. The van der Waals surface area contributed by atoms with Crippen LogP contribution in [-0.2, 0) is 4.74 Å². The summed E-state index contributed by atoms with van der Waals surface area (Å²) in [6.45, 7) is 3.43. The van der Waals surface area contributed by atoms with E-state index in [1.54, 1.807) is 0 Å². The Morgan fingerprint density at radius 2 is 2.18 bits per heavy atom. The average Bonchev–Trinajstić information content (AvgIpc) is 2.38. The maximum Gasteiger partial charge on any atom is 0.0702 e. The molecule has 0 amide bonds. The van der Waals surface area contributed by atoms with Crippen molar-refractivity contribution < 1.29 is 4.74 Å². The highest BCUT2D eigenvalue weighted by Gasteiger charge is 2.07. The monoisotopic (exact) mass is 230 g/mol. The maximum atomic E-state index is 6.11. The second kappa shape index (κ2) is 5.75. The summed E-state index contributed by atoms with van der Waals surface area (Å²) in [6, 6.07) is 10.2. The van der Waals surface area contributed by atoms with Crippen molar-refractivity contribution >= 4 is 10.9 Å². The van der Waals surface area contributed by atoms with Crippen LogP contribution in [0.5, 0.6) is 0 Å². The molecule has 0 aliphatic heterocycles. The van der Waals surface area contributed by atoms with Gasteiger partial charge >= 0.3 is 0 Å². The van der Waals surface area contributed by atoms with Gasteiger partial charge in [-0.3, -0.25) is 4.98 Å². The molecule has 1 unspecified atom stereocenters. The van der Waals surface area contributed by atoms with E-state index in [1.165, 1.54) is 0 Å². The standard InChI is InChI=1S/C14H18N2O/c1-2-17-8-7-13(15)12-9-11-5-3-4-6-14(11)16-10-12/h3-6,9-10,13H,2,7-8,15H2,1H3. The first-order chi connectivity index (χ1) is 8.31. The van der Waals surface area contributed by atoms with E-state index in [-0.39, 0.29) is 6.04 Å². The van der Waals surface area contributed by atoms with E-state index >= 15 is 0 Å². The van der Waals surface area contributed by atoms with Gasteiger partial charge in [0.1, 0.15) is 0 Å². The highest BCUT2D eigenvalue weighted by Crippen LogP contribution is 2.18. The van der Waals surface area contributed by atoms with Gasteiger partial charge in [0.25, 0.3) is 0 Å². The number of benzene rings is 1. The summed E-state index contributed by atoms with van der Waals surface area (Å²) in [7, 11) is 0. The van der Waals surface area contributed by atoms with Crippen molar-refractivity contribution in [3.63, 3.8) is 0 Å². The molecule has 0 aliphatic carbocycles. The Kier molecular flexibility index (Phi) is 4.07. The molecule has 1 aromatic carbocycles. The Bertz CT molecular complexity index is 484. The van der Waals surface area contributed by atoms with Crippen molar-refractivity contribution in [1.29, 1.82) is 0 Å². The minimum atomic E-state index is -0.00124. The summed E-state index contributed by atoms with van der Waals surface area (Å²) in [4.78, 5) is 4.41. The largest absolute Gasteiger partial charge is 0.382 e. The fourth-order valence-corrected chi connectivity index (χ4v) is 1.81. The van der Waals surface area contributed by atoms with Crippen LogP contribution in [0, 0.1) is 0 Å². The number of nitrogens with two attached hydrogens (primary N) is 1. The SMILES string of the molecule is CCOCCC(N)c1cnc2ccccc2c1. The summed E-state index contributed by atoms with van der Waals surface area (Å²) in [6.07, 6.45) is 2.69. The first-order valence-corrected chi connectivity index (χ1v) is 5.99. The number of pyridine rings is 1. The molecular weight excluding hydrogens is 212 g/mol. The third-order valence-corrected chi connectivity index (χ3v) is 2.82. The van der Waals surface area contributed by atoms with Gasteiger partial charge in [-0.1, -0.05) is 18.2 Å². The average molecular weight is 230 g/mol. The van der Waals surface area contributed by atoms with Gasteiger partial charge in [-0.25, -0.2) is 0 Å². The molecule has 1 atom stereocenters. The lowest BCUT2D eigenvalue weighted by atomic mass is 10.1. The van der Waals surface area contributed by atoms with Crippen LogP contribution in [-0.4, -0.2) is 18.2 Å². The van der Waals surface area contributed by atoms with Crippen LogP contribution in [0.3, 0.4) is 0 Å². The highest BCUT2D eigenvalue weighted by atomic mass is 16.5. The number of hydrogen-bond acceptors (Lipinski definition) is 3. The molecule has 0 spiro atoms. The molecule has 2 aromatic rings. The second-order valence-corrected chi connectivity index (χ2v) is 4.05. The molecule has 0 radical (unpaired) electrons. The normalized spacial score (nSPS) is 12.8. The summed E-state index contributed by atoms with van der Waals surface area (Å²) >= 11 is 0. The van der Waals surface area contributed by atoms with Crippen LogP contribution in [0.1, 0.15) is 24.9 Å². The van der Waals surface area contributed by atoms with E-state index in [9.17, 15) is 0 Å². The molecule has 2 rings (SSSR count). The fraction of sp³-hybridized carbons (Fsp3) is 0.357. The summed E-state index contributed by atoms with van der Waals surface area (Å²) in [5.74, 6) is 0. The van der Waals surface area contributed by atoms with E-state index in [0.29, 0.717) is 6.61 Å². The van der Waals surface area contributed by atoms with Crippen LogP contribution >= 0.6 is 0 Å². The van der Waals surface area contributed by atoms with Gasteiger partial charge in [-0.05, 0) is 31.0 Å². The molecule has 0 bridgehead atoms. The molecule has 0 saturated carbocycles. The van der Waals surface area contributed by atoms with Crippen molar-refractivity contribution in [2.24, 2.45) is 5.73 Å². The molecule has 1 heterocycles. The highest BCUT2D eigenvalue weighted by molar-refractivity contribution is 5.78. The Morgan fingerprint density at radius 1 is 1.35 bits per heavy atom. The maximum absolute atomic E-state index is 6.11. The van der Waals surface area contributed by atoms with E-state index < -0.39 is 0 Å². The molecular formula is C14H18N2O. The van der Waals surface area contributed by atoms with Gasteiger partial charge in [-0.2, -0.15) is 0 Å². The predicted octanol–water partition coefficient (Wildman–Crippen LogP) is 2.66. The minimum Gasteiger partial charge on any atom is -0.382 e. The van der Waals surface area contributed by atoms with E-state index in [4.69, 9.17) is 10.5 Å². The number of nitrogens with zero attached hydrogens (tertiary/aromatic N) is 1. The number of ether oxygens (including phenoxy) is 1. The zero-order valence-electron chi connectivity index (χ0n) is 10.1. The first kappa shape index (κ1) is 12.0. The molecule has 17 heavy (non-hydrogen) atoms. The van der Waals surface area contributed by atoms with Crippen molar-refractivity contribution in [1.82, 2.24) is 4.98 Å². The zero-order valence-corrected chi connectivity index (χ0v) is 10.1. The molecule has 90 valence electrons. The molecule has 1 aromatic heterocycles. The van der Waals surface area contributed by atoms with Crippen molar-refractivity contribution in [3.8, 4) is 0 Å². The molecule has 3 nitrogen and oxygen atoms in total. The van der Waals surface area contributed by atoms with Crippen LogP contribution in [0.25, 0.3) is 10.9 Å². The Morgan fingerprint density at radius 3 is 3.00 bits per heavy atom. The zero-order chi connectivity index (χ0) is 12.1. The number of para-hydroxylation sites is 1. The third-order valence-electron chi connectivity index (χ3n) is 2.82.